The summed E-state index contributed by atoms with van der Waals surface area (Å²) in [5.41, 5.74) is 1.66. The van der Waals surface area contributed by atoms with E-state index in [-0.39, 0.29) is 11.9 Å². The van der Waals surface area contributed by atoms with Gasteiger partial charge in [0.1, 0.15) is 5.75 Å². The largest absolute Gasteiger partial charge is 0.494 e. The van der Waals surface area contributed by atoms with Gasteiger partial charge in [0, 0.05) is 11.3 Å². The van der Waals surface area contributed by atoms with Crippen molar-refractivity contribution in [1.82, 2.24) is 0 Å². The molecule has 5 heteroatoms. The minimum absolute atomic E-state index is 0.207. The minimum Gasteiger partial charge on any atom is -0.494 e. The van der Waals surface area contributed by atoms with Crippen molar-refractivity contribution in [2.45, 2.75) is 78.1 Å². The summed E-state index contributed by atoms with van der Waals surface area (Å²) in [6, 6.07) is 13.9. The van der Waals surface area contributed by atoms with Gasteiger partial charge in [0.15, 0.2) is 0 Å². The van der Waals surface area contributed by atoms with Gasteiger partial charge in [-0.3, -0.25) is 4.79 Å². The lowest BCUT2D eigenvalue weighted by Gasteiger charge is -2.09. The number of carbonyl (C=O) groups is 2. The number of ether oxygens (including phenoxy) is 2. The third-order valence-electron chi connectivity index (χ3n) is 5.49. The monoisotopic (exact) mass is 453 g/mol. The van der Waals surface area contributed by atoms with E-state index in [1.807, 2.05) is 12.1 Å². The summed E-state index contributed by atoms with van der Waals surface area (Å²) in [6.07, 6.45) is 11.6. The Morgan fingerprint density at radius 2 is 1.21 bits per heavy atom. The highest BCUT2D eigenvalue weighted by Crippen LogP contribution is 2.16. The molecule has 180 valence electrons. The molecule has 5 nitrogen and oxygen atoms in total. The molecule has 0 radical (unpaired) electrons. The number of nitrogens with one attached hydrogen (secondary N) is 1. The van der Waals surface area contributed by atoms with E-state index < -0.39 is 0 Å². The number of rotatable bonds is 16. The fraction of sp³-hybridized carbons (Fsp3) is 0.500. The number of hydrogen-bond acceptors (Lipinski definition) is 4. The molecule has 1 amide bonds. The highest BCUT2D eigenvalue weighted by Gasteiger charge is 2.09. The molecule has 0 fully saturated rings. The van der Waals surface area contributed by atoms with E-state index >= 15 is 0 Å². The number of unbranched alkanes of at least 4 members (excludes halogenated alkanes) is 8. The first-order valence-corrected chi connectivity index (χ1v) is 12.5. The van der Waals surface area contributed by atoms with Crippen molar-refractivity contribution in [1.29, 1.82) is 0 Å². The van der Waals surface area contributed by atoms with Gasteiger partial charge in [-0.15, -0.1) is 0 Å². The number of amides is 1. The zero-order valence-corrected chi connectivity index (χ0v) is 20.2. The molecule has 0 aliphatic carbocycles. The van der Waals surface area contributed by atoms with E-state index in [1.165, 1.54) is 32.1 Å². The van der Waals surface area contributed by atoms with Crippen LogP contribution in [0.15, 0.2) is 48.5 Å². The lowest BCUT2D eigenvalue weighted by atomic mass is 10.1. The van der Waals surface area contributed by atoms with Crippen LogP contribution in [0.3, 0.4) is 0 Å². The summed E-state index contributed by atoms with van der Waals surface area (Å²) in [5, 5.41) is 2.85. The lowest BCUT2D eigenvalue weighted by Crippen LogP contribution is -2.12. The number of anilines is 1. The zero-order chi connectivity index (χ0) is 23.7. The maximum absolute atomic E-state index is 12.5. The molecule has 33 heavy (non-hydrogen) atoms. The minimum atomic E-state index is -0.326. The van der Waals surface area contributed by atoms with Gasteiger partial charge in [-0.2, -0.15) is 0 Å². The standard InChI is InChI=1S/C28H39NO4/c1-3-5-7-8-9-10-12-22-33-28(31)24-13-17-25(18-14-24)29-27(30)23-15-19-26(20-16-23)32-21-11-6-4-2/h13-20H,3-12,21-22H2,1-2H3,(H,29,30). The van der Waals surface area contributed by atoms with Crippen LogP contribution in [-0.2, 0) is 4.74 Å². The second-order valence-electron chi connectivity index (χ2n) is 8.37. The van der Waals surface area contributed by atoms with E-state index in [1.54, 1.807) is 36.4 Å². The fourth-order valence-corrected chi connectivity index (χ4v) is 3.44. The molecule has 0 saturated carbocycles. The van der Waals surface area contributed by atoms with E-state index in [0.717, 1.165) is 37.9 Å². The van der Waals surface area contributed by atoms with Crippen LogP contribution >= 0.6 is 0 Å². The van der Waals surface area contributed by atoms with Crippen LogP contribution < -0.4 is 10.1 Å². The Kier molecular flexibility index (Phi) is 12.7. The predicted octanol–water partition coefficient (Wildman–Crippen LogP) is 7.42. The molecule has 0 bridgehead atoms. The molecule has 0 aliphatic heterocycles. The number of benzene rings is 2. The molecule has 2 aromatic carbocycles. The topological polar surface area (TPSA) is 64.6 Å². The second kappa shape index (κ2) is 15.9. The van der Waals surface area contributed by atoms with E-state index in [4.69, 9.17) is 9.47 Å². The van der Waals surface area contributed by atoms with E-state index in [0.29, 0.717) is 30.0 Å². The first kappa shape index (κ1) is 26.4. The van der Waals surface area contributed by atoms with Crippen molar-refractivity contribution in [3.05, 3.63) is 59.7 Å². The molecule has 0 spiro atoms. The Hall–Kier alpha value is -2.82. The molecule has 0 aliphatic rings. The van der Waals surface area contributed by atoms with Crippen LogP contribution in [0.1, 0.15) is 98.8 Å². The Morgan fingerprint density at radius 1 is 0.667 bits per heavy atom. The first-order valence-electron chi connectivity index (χ1n) is 12.5. The van der Waals surface area contributed by atoms with Crippen molar-refractivity contribution in [3.8, 4) is 5.75 Å². The summed E-state index contributed by atoms with van der Waals surface area (Å²) in [7, 11) is 0. The Balaban J connectivity index is 1.71. The molecule has 2 aromatic rings. The smallest absolute Gasteiger partial charge is 0.338 e. The van der Waals surface area contributed by atoms with Crippen LogP contribution in [0.4, 0.5) is 5.69 Å². The Labute approximate surface area is 198 Å². The van der Waals surface area contributed by atoms with Crippen LogP contribution in [0, 0.1) is 0 Å². The van der Waals surface area contributed by atoms with Crippen LogP contribution in [0.2, 0.25) is 0 Å². The third-order valence-corrected chi connectivity index (χ3v) is 5.49. The van der Waals surface area contributed by atoms with Crippen LogP contribution in [0.25, 0.3) is 0 Å². The highest BCUT2D eigenvalue weighted by atomic mass is 16.5. The molecule has 2 rings (SSSR count). The maximum Gasteiger partial charge on any atom is 0.338 e. The van der Waals surface area contributed by atoms with Crippen molar-refractivity contribution in [3.63, 3.8) is 0 Å². The quantitative estimate of drug-likeness (QED) is 0.212. The summed E-state index contributed by atoms with van der Waals surface area (Å²) in [4.78, 5) is 24.7. The summed E-state index contributed by atoms with van der Waals surface area (Å²) >= 11 is 0. The van der Waals surface area contributed by atoms with Gasteiger partial charge >= 0.3 is 5.97 Å². The molecular formula is C28H39NO4. The highest BCUT2D eigenvalue weighted by molar-refractivity contribution is 6.04. The average molecular weight is 454 g/mol. The van der Waals surface area contributed by atoms with Gasteiger partial charge in [0.2, 0.25) is 0 Å². The van der Waals surface area contributed by atoms with Gasteiger partial charge < -0.3 is 14.8 Å². The normalized spacial score (nSPS) is 10.6. The zero-order valence-electron chi connectivity index (χ0n) is 20.2. The molecule has 0 saturated heterocycles. The van der Waals surface area contributed by atoms with E-state index in [2.05, 4.69) is 19.2 Å². The summed E-state index contributed by atoms with van der Waals surface area (Å²) in [5.74, 6) is 0.234. The molecule has 0 heterocycles. The first-order chi connectivity index (χ1) is 16.1. The van der Waals surface area contributed by atoms with Gasteiger partial charge in [-0.25, -0.2) is 4.79 Å². The van der Waals surface area contributed by atoms with Crippen molar-refractivity contribution < 1.29 is 19.1 Å². The number of hydrogen-bond donors (Lipinski definition) is 1. The maximum atomic E-state index is 12.5. The van der Waals surface area contributed by atoms with Gasteiger partial charge in [0.05, 0.1) is 18.8 Å². The summed E-state index contributed by atoms with van der Waals surface area (Å²) < 4.78 is 11.0. The van der Waals surface area contributed by atoms with Gasteiger partial charge in [-0.05, 0) is 61.4 Å². The SMILES string of the molecule is CCCCCCCCCOC(=O)c1ccc(NC(=O)c2ccc(OCCCCC)cc2)cc1. The predicted molar refractivity (Wildman–Crippen MR) is 134 cm³/mol. The summed E-state index contributed by atoms with van der Waals surface area (Å²) in [6.45, 7) is 5.51. The molecular weight excluding hydrogens is 414 g/mol. The van der Waals surface area contributed by atoms with Crippen LogP contribution in [-0.4, -0.2) is 25.1 Å². The van der Waals surface area contributed by atoms with E-state index in [9.17, 15) is 9.59 Å². The van der Waals surface area contributed by atoms with Gasteiger partial charge in [-0.1, -0.05) is 65.2 Å². The van der Waals surface area contributed by atoms with Crippen LogP contribution in [0.5, 0.6) is 5.75 Å². The molecule has 0 aromatic heterocycles. The van der Waals surface area contributed by atoms with Crippen molar-refractivity contribution in [2.24, 2.45) is 0 Å². The average Bonchev–Trinajstić information content (AvgIpc) is 2.84. The van der Waals surface area contributed by atoms with Gasteiger partial charge in [0.25, 0.3) is 5.91 Å². The molecule has 0 unspecified atom stereocenters. The molecule has 0 atom stereocenters. The van der Waals surface area contributed by atoms with Crippen molar-refractivity contribution in [2.75, 3.05) is 18.5 Å². The fourth-order valence-electron chi connectivity index (χ4n) is 3.44. The third kappa shape index (κ3) is 10.6. The Morgan fingerprint density at radius 3 is 1.88 bits per heavy atom. The Bertz CT molecular complexity index is 815. The number of carbonyl (C=O) groups excluding carboxylic acids is 2. The second-order valence-corrected chi connectivity index (χ2v) is 8.37. The molecule has 1 N–H and O–H groups in total. The van der Waals surface area contributed by atoms with Crippen molar-refractivity contribution >= 4 is 17.6 Å². The lowest BCUT2D eigenvalue weighted by molar-refractivity contribution is 0.0497. The number of esters is 1.